The second kappa shape index (κ2) is 32.9. The van der Waals surface area contributed by atoms with Gasteiger partial charge in [-0.25, -0.2) is 0 Å². The number of hydrogen-bond acceptors (Lipinski definition) is 2. The Morgan fingerprint density at radius 2 is 0.816 bits per heavy atom. The van der Waals surface area contributed by atoms with Gasteiger partial charge >= 0.3 is 5.97 Å². The Morgan fingerprint density at radius 3 is 1.29 bits per heavy atom. The molecule has 0 aromatic carbocycles. The molecule has 0 aliphatic carbocycles. The van der Waals surface area contributed by atoms with E-state index in [-0.39, 0.29) is 5.97 Å². The van der Waals surface area contributed by atoms with Crippen molar-refractivity contribution in [3.63, 3.8) is 0 Å². The Hall–Kier alpha value is -2.09. The van der Waals surface area contributed by atoms with Crippen LogP contribution in [0.1, 0.15) is 142 Å². The summed E-state index contributed by atoms with van der Waals surface area (Å²) >= 11 is 0. The number of rotatable bonds is 27. The highest BCUT2D eigenvalue weighted by atomic mass is 16.5. The number of unbranched alkanes of at least 4 members (excludes halogenated alkanes) is 11. The van der Waals surface area contributed by atoms with Gasteiger partial charge in [-0.05, 0) is 77.0 Å². The molecule has 0 atom stereocenters. The third-order valence-electron chi connectivity index (χ3n) is 6.34. The van der Waals surface area contributed by atoms with Crippen LogP contribution in [0.15, 0.2) is 72.9 Å². The van der Waals surface area contributed by atoms with E-state index < -0.39 is 0 Å². The zero-order valence-electron chi connectivity index (χ0n) is 25.1. The van der Waals surface area contributed by atoms with E-state index in [4.69, 9.17) is 4.74 Å². The highest BCUT2D eigenvalue weighted by molar-refractivity contribution is 5.69. The second-order valence-corrected chi connectivity index (χ2v) is 10.0. The molecule has 2 heteroatoms. The molecule has 0 amide bonds. The van der Waals surface area contributed by atoms with Crippen LogP contribution in [0.25, 0.3) is 0 Å². The van der Waals surface area contributed by atoms with Crippen molar-refractivity contribution in [1.82, 2.24) is 0 Å². The molecule has 0 fully saturated rings. The van der Waals surface area contributed by atoms with Crippen LogP contribution in [-0.4, -0.2) is 12.6 Å². The number of esters is 1. The Kier molecular flexibility index (Phi) is 31.1. The molecule has 0 bridgehead atoms. The van der Waals surface area contributed by atoms with Gasteiger partial charge in [-0.3, -0.25) is 4.79 Å². The minimum atomic E-state index is -0.00905. The Balaban J connectivity index is 3.33. The van der Waals surface area contributed by atoms with Gasteiger partial charge in [0.2, 0.25) is 0 Å². The highest BCUT2D eigenvalue weighted by Gasteiger charge is 2.02. The molecule has 0 saturated carbocycles. The van der Waals surface area contributed by atoms with Crippen LogP contribution in [-0.2, 0) is 9.53 Å². The Bertz CT molecular complexity index is 663. The minimum Gasteiger partial charge on any atom is -0.466 e. The average molecular weight is 525 g/mol. The van der Waals surface area contributed by atoms with E-state index in [1.165, 1.54) is 57.8 Å². The van der Waals surface area contributed by atoms with Gasteiger partial charge in [-0.15, -0.1) is 0 Å². The van der Waals surface area contributed by atoms with Crippen LogP contribution in [0, 0.1) is 0 Å². The summed E-state index contributed by atoms with van der Waals surface area (Å²) < 4.78 is 5.40. The molecule has 0 rings (SSSR count). The predicted molar refractivity (Wildman–Crippen MR) is 169 cm³/mol. The Morgan fingerprint density at radius 1 is 0.447 bits per heavy atom. The summed E-state index contributed by atoms with van der Waals surface area (Å²) in [5.74, 6) is -0.00905. The van der Waals surface area contributed by atoms with Gasteiger partial charge in [-0.2, -0.15) is 0 Å². The molecule has 0 spiro atoms. The molecule has 2 nitrogen and oxygen atoms in total. The first-order valence-corrected chi connectivity index (χ1v) is 15.9. The van der Waals surface area contributed by atoms with E-state index in [9.17, 15) is 4.79 Å². The largest absolute Gasteiger partial charge is 0.466 e. The standard InChI is InChI=1S/C36H60O2/c1-3-5-7-9-11-13-15-17-19-21-23-25-27-29-31-33-35-38-36(37)34-32-30-28-26-24-22-20-18-16-14-12-10-8-6-4-2/h5-8,11-14,17-20H,3-4,9-10,15-16,21-35H2,1-2H3. The summed E-state index contributed by atoms with van der Waals surface area (Å²) in [6.07, 6.45) is 49.5. The first kappa shape index (κ1) is 35.9. The first-order valence-electron chi connectivity index (χ1n) is 15.9. The lowest BCUT2D eigenvalue weighted by Gasteiger charge is -2.05. The summed E-state index contributed by atoms with van der Waals surface area (Å²) in [4.78, 5) is 11.9. The molecular formula is C36H60O2. The second-order valence-electron chi connectivity index (χ2n) is 10.0. The van der Waals surface area contributed by atoms with Crippen molar-refractivity contribution in [1.29, 1.82) is 0 Å². The number of carbonyl (C=O) groups is 1. The van der Waals surface area contributed by atoms with Crippen molar-refractivity contribution in [2.24, 2.45) is 0 Å². The van der Waals surface area contributed by atoms with Crippen LogP contribution in [0.2, 0.25) is 0 Å². The zero-order valence-corrected chi connectivity index (χ0v) is 25.1. The van der Waals surface area contributed by atoms with E-state index in [0.29, 0.717) is 13.0 Å². The molecule has 0 aromatic heterocycles. The maximum Gasteiger partial charge on any atom is 0.305 e. The molecule has 0 aliphatic heterocycles. The fraction of sp³-hybridized carbons (Fsp3) is 0.639. The predicted octanol–water partition coefficient (Wildman–Crippen LogP) is 11.7. The maximum atomic E-state index is 11.9. The molecule has 0 aliphatic rings. The third kappa shape index (κ3) is 31.9. The summed E-state index contributed by atoms with van der Waals surface area (Å²) in [5, 5.41) is 0. The summed E-state index contributed by atoms with van der Waals surface area (Å²) in [6, 6.07) is 0. The lowest BCUT2D eigenvalue weighted by atomic mass is 10.1. The number of ether oxygens (including phenoxy) is 1. The molecule has 0 aromatic rings. The van der Waals surface area contributed by atoms with E-state index in [0.717, 1.165) is 64.2 Å². The van der Waals surface area contributed by atoms with Crippen molar-refractivity contribution < 1.29 is 9.53 Å². The molecule has 38 heavy (non-hydrogen) atoms. The topological polar surface area (TPSA) is 26.3 Å². The van der Waals surface area contributed by atoms with Gasteiger partial charge in [0.15, 0.2) is 0 Å². The summed E-state index contributed by atoms with van der Waals surface area (Å²) in [5.41, 5.74) is 0. The van der Waals surface area contributed by atoms with Gasteiger partial charge in [-0.1, -0.05) is 132 Å². The van der Waals surface area contributed by atoms with E-state index in [1.807, 2.05) is 0 Å². The SMILES string of the molecule is CCC=CCC=CCC=CCCCCCCCCOC(=O)CCCCCCCC=CCC=CCC=CCC. The third-order valence-corrected chi connectivity index (χ3v) is 6.34. The van der Waals surface area contributed by atoms with Gasteiger partial charge < -0.3 is 4.74 Å². The lowest BCUT2D eigenvalue weighted by Crippen LogP contribution is -2.05. The van der Waals surface area contributed by atoms with Crippen LogP contribution < -0.4 is 0 Å². The lowest BCUT2D eigenvalue weighted by molar-refractivity contribution is -0.143. The molecule has 0 heterocycles. The fourth-order valence-electron chi connectivity index (χ4n) is 4.04. The summed E-state index contributed by atoms with van der Waals surface area (Å²) in [6.45, 7) is 4.93. The minimum absolute atomic E-state index is 0.00905. The number of hydrogen-bond donors (Lipinski definition) is 0. The van der Waals surface area contributed by atoms with Crippen molar-refractivity contribution >= 4 is 5.97 Å². The van der Waals surface area contributed by atoms with Gasteiger partial charge in [0, 0.05) is 6.42 Å². The molecule has 0 N–H and O–H groups in total. The van der Waals surface area contributed by atoms with E-state index in [2.05, 4.69) is 86.8 Å². The number of carbonyl (C=O) groups excluding carboxylic acids is 1. The van der Waals surface area contributed by atoms with Gasteiger partial charge in [0.25, 0.3) is 0 Å². The average Bonchev–Trinajstić information content (AvgIpc) is 2.92. The van der Waals surface area contributed by atoms with Crippen LogP contribution in [0.5, 0.6) is 0 Å². The molecular weight excluding hydrogens is 464 g/mol. The smallest absolute Gasteiger partial charge is 0.305 e. The monoisotopic (exact) mass is 524 g/mol. The van der Waals surface area contributed by atoms with Crippen molar-refractivity contribution in [2.75, 3.05) is 6.61 Å². The van der Waals surface area contributed by atoms with Crippen LogP contribution >= 0.6 is 0 Å². The van der Waals surface area contributed by atoms with Gasteiger partial charge in [0.1, 0.15) is 0 Å². The van der Waals surface area contributed by atoms with Crippen molar-refractivity contribution in [3.8, 4) is 0 Å². The Labute approximate surface area is 237 Å². The summed E-state index contributed by atoms with van der Waals surface area (Å²) in [7, 11) is 0. The van der Waals surface area contributed by atoms with Gasteiger partial charge in [0.05, 0.1) is 6.61 Å². The molecule has 0 unspecified atom stereocenters. The van der Waals surface area contributed by atoms with E-state index >= 15 is 0 Å². The number of allylic oxidation sites excluding steroid dienone is 12. The zero-order chi connectivity index (χ0) is 27.6. The molecule has 0 saturated heterocycles. The quantitative estimate of drug-likeness (QED) is 0.0606. The fourth-order valence-corrected chi connectivity index (χ4v) is 4.04. The first-order chi connectivity index (χ1) is 18.8. The van der Waals surface area contributed by atoms with Crippen molar-refractivity contribution in [2.45, 2.75) is 142 Å². The van der Waals surface area contributed by atoms with Crippen molar-refractivity contribution in [3.05, 3.63) is 72.9 Å². The molecule has 0 radical (unpaired) electrons. The van der Waals surface area contributed by atoms with Crippen LogP contribution in [0.3, 0.4) is 0 Å². The normalized spacial score (nSPS) is 12.6. The molecule has 216 valence electrons. The maximum absolute atomic E-state index is 11.9. The highest BCUT2D eigenvalue weighted by Crippen LogP contribution is 2.10. The van der Waals surface area contributed by atoms with Crippen LogP contribution in [0.4, 0.5) is 0 Å². The van der Waals surface area contributed by atoms with E-state index in [1.54, 1.807) is 0 Å².